The van der Waals surface area contributed by atoms with Crippen molar-refractivity contribution in [2.45, 2.75) is 20.0 Å². The molecule has 1 aromatic heterocycles. The van der Waals surface area contributed by atoms with Gasteiger partial charge in [-0.05, 0) is 50.2 Å². The van der Waals surface area contributed by atoms with E-state index in [0.29, 0.717) is 32.7 Å². The lowest BCUT2D eigenvalue weighted by Crippen LogP contribution is -2.24. The molecule has 0 aliphatic rings. The highest BCUT2D eigenvalue weighted by atomic mass is 79.9. The summed E-state index contributed by atoms with van der Waals surface area (Å²) in [6.45, 7) is 3.53. The normalized spacial score (nSPS) is 11.9. The van der Waals surface area contributed by atoms with Gasteiger partial charge in [-0.15, -0.1) is 0 Å². The van der Waals surface area contributed by atoms with Crippen molar-refractivity contribution in [1.82, 2.24) is 4.98 Å². The Morgan fingerprint density at radius 3 is 2.34 bits per heavy atom. The second-order valence-corrected chi connectivity index (χ2v) is 8.85. The van der Waals surface area contributed by atoms with E-state index in [4.69, 9.17) is 21.3 Å². The Kier molecular flexibility index (Phi) is 6.40. The fourth-order valence-corrected chi connectivity index (χ4v) is 3.85. The first-order valence-corrected chi connectivity index (χ1v) is 11.2. The van der Waals surface area contributed by atoms with Gasteiger partial charge in [0.15, 0.2) is 6.10 Å². The number of ketones is 1. The smallest absolute Gasteiger partial charge is 0.339 e. The van der Waals surface area contributed by atoms with E-state index in [2.05, 4.69) is 15.9 Å². The molecule has 0 aliphatic heterocycles. The number of carbonyl (C=O) groups is 2. The molecule has 0 unspecified atom stereocenters. The van der Waals surface area contributed by atoms with E-state index in [-0.39, 0.29) is 5.78 Å². The monoisotopic (exact) mass is 507 g/mol. The second kappa shape index (κ2) is 9.23. The molecule has 6 heteroatoms. The van der Waals surface area contributed by atoms with Crippen molar-refractivity contribution in [3.63, 3.8) is 0 Å². The summed E-state index contributed by atoms with van der Waals surface area (Å²) in [6.07, 6.45) is -0.931. The van der Waals surface area contributed by atoms with Crippen LogP contribution in [-0.4, -0.2) is 22.8 Å². The summed E-state index contributed by atoms with van der Waals surface area (Å²) >= 11 is 9.46. The maximum Gasteiger partial charge on any atom is 0.339 e. The van der Waals surface area contributed by atoms with Crippen LogP contribution in [0.1, 0.15) is 33.2 Å². The van der Waals surface area contributed by atoms with Gasteiger partial charge in [-0.3, -0.25) is 4.79 Å². The predicted molar refractivity (Wildman–Crippen MR) is 130 cm³/mol. The number of esters is 1. The van der Waals surface area contributed by atoms with Gasteiger partial charge in [0.25, 0.3) is 0 Å². The number of pyridine rings is 1. The Hall–Kier alpha value is -3.02. The number of aryl methyl sites for hydroxylation is 1. The van der Waals surface area contributed by atoms with Crippen LogP contribution < -0.4 is 0 Å². The Morgan fingerprint density at radius 2 is 1.66 bits per heavy atom. The summed E-state index contributed by atoms with van der Waals surface area (Å²) in [5.74, 6) is -0.838. The number of fused-ring (bicyclic) bond motifs is 1. The molecule has 0 aliphatic carbocycles. The van der Waals surface area contributed by atoms with Crippen molar-refractivity contribution in [3.05, 3.63) is 99.0 Å². The standard InChI is InChI=1S/C26H19BrClNO3/c1-15-3-5-18(6-4-15)25(30)16(2)32-26(31)22-14-24(17-7-10-20(28)11-8-17)29-23-12-9-19(27)13-21(22)23/h3-14,16H,1-2H3/t16-/m0/s1. The lowest BCUT2D eigenvalue weighted by Gasteiger charge is -2.15. The highest BCUT2D eigenvalue weighted by molar-refractivity contribution is 9.10. The minimum atomic E-state index is -0.931. The second-order valence-electron chi connectivity index (χ2n) is 7.50. The fraction of sp³-hybridized carbons (Fsp3) is 0.115. The van der Waals surface area contributed by atoms with Gasteiger partial charge in [0.05, 0.1) is 16.8 Å². The van der Waals surface area contributed by atoms with Crippen LogP contribution in [0.3, 0.4) is 0 Å². The number of rotatable bonds is 5. The summed E-state index contributed by atoms with van der Waals surface area (Å²) in [5.41, 5.74) is 3.96. The molecule has 3 aromatic carbocycles. The van der Waals surface area contributed by atoms with Gasteiger partial charge in [0, 0.05) is 26.0 Å². The van der Waals surface area contributed by atoms with Crippen LogP contribution in [-0.2, 0) is 4.74 Å². The molecule has 0 N–H and O–H groups in total. The molecule has 0 spiro atoms. The van der Waals surface area contributed by atoms with Crippen molar-refractivity contribution in [2.75, 3.05) is 0 Å². The number of Topliss-reactive ketones (excluding diaryl/α,β-unsaturated/α-hetero) is 1. The quantitative estimate of drug-likeness (QED) is 0.214. The molecular weight excluding hydrogens is 490 g/mol. The highest BCUT2D eigenvalue weighted by Crippen LogP contribution is 2.29. The topological polar surface area (TPSA) is 56.3 Å². The third-order valence-electron chi connectivity index (χ3n) is 5.12. The van der Waals surface area contributed by atoms with Crippen LogP contribution in [0.2, 0.25) is 5.02 Å². The average Bonchev–Trinajstić information content (AvgIpc) is 2.78. The van der Waals surface area contributed by atoms with Crippen molar-refractivity contribution < 1.29 is 14.3 Å². The van der Waals surface area contributed by atoms with Gasteiger partial charge >= 0.3 is 5.97 Å². The van der Waals surface area contributed by atoms with E-state index < -0.39 is 12.1 Å². The molecule has 1 atom stereocenters. The zero-order chi connectivity index (χ0) is 22.8. The Bertz CT molecular complexity index is 1320. The molecule has 4 rings (SSSR count). The summed E-state index contributed by atoms with van der Waals surface area (Å²) in [5, 5.41) is 1.25. The zero-order valence-corrected chi connectivity index (χ0v) is 19.8. The molecule has 160 valence electrons. The van der Waals surface area contributed by atoms with Crippen LogP contribution in [0, 0.1) is 6.92 Å². The first-order valence-electron chi connectivity index (χ1n) is 10.00. The van der Waals surface area contributed by atoms with Gasteiger partial charge in [-0.25, -0.2) is 9.78 Å². The lowest BCUT2D eigenvalue weighted by atomic mass is 10.0. The average molecular weight is 509 g/mol. The van der Waals surface area contributed by atoms with E-state index in [1.807, 2.05) is 49.4 Å². The molecule has 0 saturated carbocycles. The molecular formula is C26H19BrClNO3. The Balaban J connectivity index is 1.70. The third-order valence-corrected chi connectivity index (χ3v) is 5.86. The number of aromatic nitrogens is 1. The number of hydrogen-bond acceptors (Lipinski definition) is 4. The van der Waals surface area contributed by atoms with Gasteiger partial charge in [0.2, 0.25) is 5.78 Å². The SMILES string of the molecule is Cc1ccc(C(=O)[C@H](C)OC(=O)c2cc(-c3ccc(Cl)cc3)nc3ccc(Br)cc23)cc1. The summed E-state index contributed by atoms with van der Waals surface area (Å²) < 4.78 is 6.40. The van der Waals surface area contributed by atoms with Crippen LogP contribution >= 0.6 is 27.5 Å². The largest absolute Gasteiger partial charge is 0.451 e. The summed E-state index contributed by atoms with van der Waals surface area (Å²) in [7, 11) is 0. The molecule has 0 amide bonds. The van der Waals surface area contributed by atoms with E-state index in [1.54, 1.807) is 37.3 Å². The maximum absolute atomic E-state index is 13.2. The number of nitrogens with zero attached hydrogens (tertiary/aromatic N) is 1. The van der Waals surface area contributed by atoms with Crippen molar-refractivity contribution in [2.24, 2.45) is 0 Å². The van der Waals surface area contributed by atoms with E-state index in [1.165, 1.54) is 0 Å². The molecule has 4 nitrogen and oxygen atoms in total. The van der Waals surface area contributed by atoms with Crippen LogP contribution in [0.25, 0.3) is 22.2 Å². The zero-order valence-electron chi connectivity index (χ0n) is 17.4. The Labute approximate surface area is 199 Å². The first kappa shape index (κ1) is 22.2. The first-order chi connectivity index (χ1) is 15.3. The van der Waals surface area contributed by atoms with E-state index in [9.17, 15) is 9.59 Å². The van der Waals surface area contributed by atoms with Crippen LogP contribution in [0.4, 0.5) is 0 Å². The number of ether oxygens (including phenoxy) is 1. The molecule has 0 bridgehead atoms. The minimum absolute atomic E-state index is 0.254. The number of benzene rings is 3. The summed E-state index contributed by atoms with van der Waals surface area (Å²) in [6, 6.07) is 21.6. The van der Waals surface area contributed by atoms with E-state index >= 15 is 0 Å². The van der Waals surface area contributed by atoms with Crippen molar-refractivity contribution in [3.8, 4) is 11.3 Å². The molecule has 0 radical (unpaired) electrons. The predicted octanol–water partition coefficient (Wildman–Crippen LogP) is 7.05. The number of carbonyl (C=O) groups excluding carboxylic acids is 2. The van der Waals surface area contributed by atoms with Crippen LogP contribution in [0.5, 0.6) is 0 Å². The van der Waals surface area contributed by atoms with Crippen molar-refractivity contribution in [1.29, 1.82) is 0 Å². The third kappa shape index (κ3) is 4.74. The Morgan fingerprint density at radius 1 is 0.969 bits per heavy atom. The van der Waals surface area contributed by atoms with Gasteiger partial charge in [-0.2, -0.15) is 0 Å². The van der Waals surface area contributed by atoms with Gasteiger partial charge in [0.1, 0.15) is 0 Å². The highest BCUT2D eigenvalue weighted by Gasteiger charge is 2.23. The summed E-state index contributed by atoms with van der Waals surface area (Å²) in [4.78, 5) is 30.6. The van der Waals surface area contributed by atoms with E-state index in [0.717, 1.165) is 15.6 Å². The number of halogens is 2. The molecule has 0 fully saturated rings. The number of hydrogen-bond donors (Lipinski definition) is 0. The maximum atomic E-state index is 13.2. The molecule has 1 heterocycles. The van der Waals surface area contributed by atoms with Gasteiger partial charge < -0.3 is 4.74 Å². The lowest BCUT2D eigenvalue weighted by molar-refractivity contribution is 0.0320. The molecule has 4 aromatic rings. The van der Waals surface area contributed by atoms with Gasteiger partial charge in [-0.1, -0.05) is 69.5 Å². The van der Waals surface area contributed by atoms with Crippen LogP contribution in [0.15, 0.2) is 77.3 Å². The van der Waals surface area contributed by atoms with Crippen molar-refractivity contribution >= 4 is 50.2 Å². The molecule has 0 saturated heterocycles. The minimum Gasteiger partial charge on any atom is -0.451 e. The molecule has 32 heavy (non-hydrogen) atoms. The fourth-order valence-electron chi connectivity index (χ4n) is 3.37.